The normalized spacial score (nSPS) is 18.2. The van der Waals surface area contributed by atoms with Gasteiger partial charge in [0.25, 0.3) is 11.5 Å². The zero-order valence-corrected chi connectivity index (χ0v) is 18.9. The zero-order valence-electron chi connectivity index (χ0n) is 18.1. The third-order valence-corrected chi connectivity index (χ3v) is 5.96. The van der Waals surface area contributed by atoms with Crippen molar-refractivity contribution >= 4 is 34.0 Å². The van der Waals surface area contributed by atoms with Gasteiger partial charge in [0.1, 0.15) is 6.67 Å². The van der Waals surface area contributed by atoms with E-state index in [1.165, 1.54) is 12.1 Å². The maximum atomic E-state index is 14.3. The number of nitrogens with zero attached hydrogens (tertiary/aromatic N) is 1. The van der Waals surface area contributed by atoms with Gasteiger partial charge in [-0.2, -0.15) is 26.3 Å². The summed E-state index contributed by atoms with van der Waals surface area (Å²) in [4.78, 5) is 17.3. The number of carbonyl (C=O) groups is 1. The van der Waals surface area contributed by atoms with Crippen molar-refractivity contribution < 1.29 is 40.4 Å². The van der Waals surface area contributed by atoms with Gasteiger partial charge in [0.2, 0.25) is 0 Å². The Labute approximate surface area is 204 Å². The van der Waals surface area contributed by atoms with Crippen LogP contribution in [-0.4, -0.2) is 31.0 Å². The van der Waals surface area contributed by atoms with E-state index < -0.39 is 53.1 Å². The Morgan fingerprint density at radius 3 is 2.36 bits per heavy atom. The lowest BCUT2D eigenvalue weighted by atomic mass is 9.84. The average molecular weight is 533 g/mol. The molecule has 0 aliphatic carbocycles. The smallest absolute Gasteiger partial charge is 0.374 e. The molecule has 1 aliphatic rings. The molecule has 3 aromatic carbocycles. The number of hydrogen-bond acceptors (Lipinski definition) is 3. The molecule has 1 N–H and O–H groups in total. The van der Waals surface area contributed by atoms with Gasteiger partial charge >= 0.3 is 12.4 Å². The van der Waals surface area contributed by atoms with E-state index in [1.807, 2.05) is 0 Å². The molecule has 36 heavy (non-hydrogen) atoms. The van der Waals surface area contributed by atoms with E-state index in [1.54, 1.807) is 24.3 Å². The van der Waals surface area contributed by atoms with Crippen molar-refractivity contribution in [1.29, 1.82) is 0 Å². The highest BCUT2D eigenvalue weighted by Crippen LogP contribution is 2.50. The quantitative estimate of drug-likeness (QED) is 0.368. The van der Waals surface area contributed by atoms with Crippen molar-refractivity contribution in [2.45, 2.75) is 24.4 Å². The summed E-state index contributed by atoms with van der Waals surface area (Å²) in [5.41, 5.74) is -5.26. The highest BCUT2D eigenvalue weighted by atomic mass is 35.5. The summed E-state index contributed by atoms with van der Waals surface area (Å²) in [6, 6.07) is 10.6. The average Bonchev–Trinajstić information content (AvgIpc) is 3.28. The number of amides is 1. The first-order valence-corrected chi connectivity index (χ1v) is 10.8. The molecule has 1 unspecified atom stereocenters. The van der Waals surface area contributed by atoms with Crippen LogP contribution < -0.4 is 5.32 Å². The maximum absolute atomic E-state index is 14.3. The molecule has 0 fully saturated rings. The monoisotopic (exact) mass is 532 g/mol. The molecule has 1 atom stereocenters. The topological polar surface area (TPSA) is 50.7 Å². The second kappa shape index (κ2) is 9.27. The number of alkyl halides is 7. The number of rotatable bonds is 5. The van der Waals surface area contributed by atoms with Crippen molar-refractivity contribution in [3.63, 3.8) is 0 Å². The number of carbonyl (C=O) groups excluding carboxylic acids is 1. The first kappa shape index (κ1) is 25.7. The minimum absolute atomic E-state index is 0.161. The number of hydrogen-bond donors (Lipinski definition) is 1. The molecule has 190 valence electrons. The van der Waals surface area contributed by atoms with E-state index in [4.69, 9.17) is 16.4 Å². The van der Waals surface area contributed by atoms with E-state index in [9.17, 15) is 35.5 Å². The molecular weight excluding hydrogens is 517 g/mol. The Kier molecular flexibility index (Phi) is 6.63. The minimum Gasteiger partial charge on any atom is -0.374 e. The van der Waals surface area contributed by atoms with Gasteiger partial charge < -0.3 is 10.2 Å². The molecule has 3 aromatic rings. The molecular formula is C24H16ClF7N2O2. The van der Waals surface area contributed by atoms with E-state index >= 15 is 0 Å². The summed E-state index contributed by atoms with van der Waals surface area (Å²) in [7, 11) is 0. The van der Waals surface area contributed by atoms with Crippen LogP contribution in [0.3, 0.4) is 0 Å². The first-order valence-electron chi connectivity index (χ1n) is 10.4. The van der Waals surface area contributed by atoms with Gasteiger partial charge in [-0.25, -0.2) is 4.39 Å². The third kappa shape index (κ3) is 4.59. The number of halogens is 8. The SMILES string of the molecule is O=C(NCCF)c1ccc(C2=NOC(c3cc(Cl)cc(C(F)(F)F)c3)(C(F)(F)F)C2)c2ccccc12. The Balaban J connectivity index is 1.80. The number of benzene rings is 3. The van der Waals surface area contributed by atoms with Crippen molar-refractivity contribution in [1.82, 2.24) is 5.32 Å². The number of nitrogens with one attached hydrogen (secondary N) is 1. The predicted molar refractivity (Wildman–Crippen MR) is 119 cm³/mol. The van der Waals surface area contributed by atoms with Crippen molar-refractivity contribution in [2.75, 3.05) is 13.2 Å². The molecule has 0 saturated heterocycles. The highest BCUT2D eigenvalue weighted by Gasteiger charge is 2.62. The second-order valence-electron chi connectivity index (χ2n) is 8.01. The Morgan fingerprint density at radius 1 is 1.03 bits per heavy atom. The van der Waals surface area contributed by atoms with Crippen molar-refractivity contribution in [3.8, 4) is 0 Å². The molecule has 0 bridgehead atoms. The zero-order chi connectivity index (χ0) is 26.3. The molecule has 4 nitrogen and oxygen atoms in total. The van der Waals surface area contributed by atoms with E-state index in [-0.39, 0.29) is 23.4 Å². The lowest BCUT2D eigenvalue weighted by Crippen LogP contribution is -2.43. The largest absolute Gasteiger partial charge is 0.435 e. The summed E-state index contributed by atoms with van der Waals surface area (Å²) in [6.07, 6.45) is -11.0. The third-order valence-electron chi connectivity index (χ3n) is 5.74. The van der Waals surface area contributed by atoms with Crippen LogP contribution in [-0.2, 0) is 16.6 Å². The van der Waals surface area contributed by atoms with E-state index in [0.717, 1.165) is 6.07 Å². The lowest BCUT2D eigenvalue weighted by Gasteiger charge is -2.30. The summed E-state index contributed by atoms with van der Waals surface area (Å²) < 4.78 is 95.4. The summed E-state index contributed by atoms with van der Waals surface area (Å²) >= 11 is 5.74. The fourth-order valence-corrected chi connectivity index (χ4v) is 4.27. The Hall–Kier alpha value is -3.34. The lowest BCUT2D eigenvalue weighted by molar-refractivity contribution is -0.276. The Bertz CT molecular complexity index is 1350. The van der Waals surface area contributed by atoms with Gasteiger partial charge in [-0.1, -0.05) is 47.1 Å². The van der Waals surface area contributed by atoms with Crippen LogP contribution in [0, 0.1) is 0 Å². The molecule has 1 aliphatic heterocycles. The van der Waals surface area contributed by atoms with Gasteiger partial charge in [-0.05, 0) is 35.0 Å². The standard InChI is InChI=1S/C24H16ClF7N2O2/c25-15-10-13(9-14(11-15)23(27,28)29)22(24(30,31)32)12-20(34-36-22)18-5-6-19(21(35)33-8-7-26)17-4-2-1-3-16(17)18/h1-6,9-11H,7-8,12H2,(H,33,35). The summed E-state index contributed by atoms with van der Waals surface area (Å²) in [6.45, 7) is -1.00. The van der Waals surface area contributed by atoms with Crippen LogP contribution in [0.4, 0.5) is 30.7 Å². The Morgan fingerprint density at radius 2 is 1.72 bits per heavy atom. The van der Waals surface area contributed by atoms with Crippen LogP contribution in [0.5, 0.6) is 0 Å². The molecule has 0 aromatic heterocycles. The van der Waals surface area contributed by atoms with Gasteiger partial charge in [0.05, 0.1) is 11.3 Å². The minimum atomic E-state index is -5.16. The van der Waals surface area contributed by atoms with Crippen LogP contribution in [0.1, 0.15) is 33.5 Å². The number of fused-ring (bicyclic) bond motifs is 1. The molecule has 0 spiro atoms. The summed E-state index contributed by atoms with van der Waals surface area (Å²) in [5.74, 6) is -0.580. The van der Waals surface area contributed by atoms with Crippen LogP contribution in [0.2, 0.25) is 5.02 Å². The molecule has 12 heteroatoms. The summed E-state index contributed by atoms with van der Waals surface area (Å²) in [5, 5.41) is 6.17. The van der Waals surface area contributed by atoms with Crippen LogP contribution in [0.15, 0.2) is 59.8 Å². The molecule has 0 saturated carbocycles. The highest BCUT2D eigenvalue weighted by molar-refractivity contribution is 6.30. The first-order chi connectivity index (χ1) is 16.9. The van der Waals surface area contributed by atoms with Gasteiger partial charge in [-0.15, -0.1) is 0 Å². The maximum Gasteiger partial charge on any atom is 0.435 e. The molecule has 0 radical (unpaired) electrons. The molecule has 1 amide bonds. The van der Waals surface area contributed by atoms with Crippen molar-refractivity contribution in [3.05, 3.63) is 81.9 Å². The fraction of sp³-hybridized carbons (Fsp3) is 0.250. The molecule has 4 rings (SSSR count). The van der Waals surface area contributed by atoms with E-state index in [2.05, 4.69) is 10.5 Å². The van der Waals surface area contributed by atoms with Gasteiger partial charge in [0, 0.05) is 34.7 Å². The predicted octanol–water partition coefficient (Wildman–Crippen LogP) is 6.79. The van der Waals surface area contributed by atoms with Gasteiger partial charge in [-0.3, -0.25) is 4.79 Å². The molecule has 1 heterocycles. The van der Waals surface area contributed by atoms with Gasteiger partial charge in [0.15, 0.2) is 0 Å². The van der Waals surface area contributed by atoms with Crippen LogP contribution >= 0.6 is 11.6 Å². The van der Waals surface area contributed by atoms with Crippen molar-refractivity contribution in [2.24, 2.45) is 5.16 Å². The number of oxime groups is 1. The van der Waals surface area contributed by atoms with E-state index in [0.29, 0.717) is 22.9 Å². The fourth-order valence-electron chi connectivity index (χ4n) is 4.04. The second-order valence-corrected chi connectivity index (χ2v) is 8.44. The van der Waals surface area contributed by atoms with Crippen LogP contribution in [0.25, 0.3) is 10.8 Å².